The Labute approximate surface area is 114 Å². The predicted octanol–water partition coefficient (Wildman–Crippen LogP) is 3.32. The van der Waals surface area contributed by atoms with Gasteiger partial charge in [0, 0.05) is 17.3 Å². The first-order valence-corrected chi connectivity index (χ1v) is 7.27. The number of hydrogen-bond acceptors (Lipinski definition) is 3. The van der Waals surface area contributed by atoms with Gasteiger partial charge in [0.2, 0.25) is 0 Å². The van der Waals surface area contributed by atoms with Crippen LogP contribution in [0.15, 0.2) is 29.0 Å². The predicted molar refractivity (Wildman–Crippen MR) is 74.9 cm³/mol. The number of halogens is 1. The van der Waals surface area contributed by atoms with E-state index in [-0.39, 0.29) is 0 Å². The monoisotopic (exact) mass is 311 g/mol. The van der Waals surface area contributed by atoms with Crippen molar-refractivity contribution < 1.29 is 0 Å². The first-order chi connectivity index (χ1) is 8.16. The average molecular weight is 312 g/mol. The van der Waals surface area contributed by atoms with Gasteiger partial charge in [0.05, 0.1) is 5.75 Å². The summed E-state index contributed by atoms with van der Waals surface area (Å²) in [7, 11) is 1.97. The Morgan fingerprint density at radius 1 is 1.35 bits per heavy atom. The van der Waals surface area contributed by atoms with E-state index < -0.39 is 0 Å². The molecule has 1 aromatic carbocycles. The minimum absolute atomic E-state index is 0.894. The van der Waals surface area contributed by atoms with Crippen LogP contribution in [0, 0.1) is 6.92 Å². The summed E-state index contributed by atoms with van der Waals surface area (Å²) in [6.07, 6.45) is 1.74. The van der Waals surface area contributed by atoms with E-state index in [1.165, 1.54) is 15.6 Å². The van der Waals surface area contributed by atoms with Crippen molar-refractivity contribution in [3.8, 4) is 0 Å². The molecule has 0 atom stereocenters. The molecule has 3 nitrogen and oxygen atoms in total. The smallest absolute Gasteiger partial charge is 0.142 e. The molecule has 0 amide bonds. The fraction of sp³-hybridized carbons (Fsp3) is 0.333. The summed E-state index contributed by atoms with van der Waals surface area (Å²) in [4.78, 5) is 0. The molecule has 2 aromatic rings. The summed E-state index contributed by atoms with van der Waals surface area (Å²) in [5, 5.41) is 7.93. The minimum atomic E-state index is 0.894. The molecule has 1 aromatic heterocycles. The molecule has 2 rings (SSSR count). The number of thioether (sulfide) groups is 1. The molecule has 0 aliphatic carbocycles. The molecular formula is C12H14BrN3S. The molecule has 0 unspecified atom stereocenters. The number of hydrogen-bond donors (Lipinski definition) is 0. The quantitative estimate of drug-likeness (QED) is 0.868. The molecule has 0 saturated heterocycles. The summed E-state index contributed by atoms with van der Waals surface area (Å²) in [6, 6.07) is 6.47. The second-order valence-corrected chi connectivity index (χ2v) is 5.77. The number of aromatic nitrogens is 3. The van der Waals surface area contributed by atoms with Crippen LogP contribution in [0.2, 0.25) is 0 Å². The Kier molecular flexibility index (Phi) is 4.23. The van der Waals surface area contributed by atoms with Gasteiger partial charge in [0.1, 0.15) is 12.2 Å². The van der Waals surface area contributed by atoms with E-state index in [1.807, 2.05) is 23.4 Å². The van der Waals surface area contributed by atoms with Crippen molar-refractivity contribution in [2.75, 3.05) is 0 Å². The van der Waals surface area contributed by atoms with Gasteiger partial charge in [-0.25, -0.2) is 0 Å². The Bertz CT molecular complexity index is 510. The van der Waals surface area contributed by atoms with Gasteiger partial charge in [-0.15, -0.1) is 22.0 Å². The Morgan fingerprint density at radius 3 is 2.82 bits per heavy atom. The highest BCUT2D eigenvalue weighted by Crippen LogP contribution is 2.21. The van der Waals surface area contributed by atoms with E-state index in [4.69, 9.17) is 0 Å². The molecule has 17 heavy (non-hydrogen) atoms. The van der Waals surface area contributed by atoms with E-state index in [9.17, 15) is 0 Å². The zero-order valence-electron chi connectivity index (χ0n) is 9.85. The van der Waals surface area contributed by atoms with Crippen molar-refractivity contribution in [3.63, 3.8) is 0 Å². The lowest BCUT2D eigenvalue weighted by molar-refractivity contribution is 0.849. The first kappa shape index (κ1) is 12.6. The van der Waals surface area contributed by atoms with Crippen LogP contribution in [0.3, 0.4) is 0 Å². The highest BCUT2D eigenvalue weighted by Gasteiger charge is 2.02. The van der Waals surface area contributed by atoms with Crippen LogP contribution in [0.1, 0.15) is 17.0 Å². The van der Waals surface area contributed by atoms with Gasteiger partial charge < -0.3 is 4.57 Å². The minimum Gasteiger partial charge on any atom is -0.320 e. The van der Waals surface area contributed by atoms with E-state index in [0.717, 1.165) is 17.3 Å². The SMILES string of the molecule is Cc1cc(CSCc2nncn2C)ccc1Br. The van der Waals surface area contributed by atoms with Crippen LogP contribution in [0.5, 0.6) is 0 Å². The van der Waals surface area contributed by atoms with Crippen LogP contribution < -0.4 is 0 Å². The lowest BCUT2D eigenvalue weighted by Gasteiger charge is -2.04. The molecule has 0 fully saturated rings. The third-order valence-electron chi connectivity index (χ3n) is 2.53. The fourth-order valence-corrected chi connectivity index (χ4v) is 2.70. The number of benzene rings is 1. The van der Waals surface area contributed by atoms with Crippen molar-refractivity contribution in [1.82, 2.24) is 14.8 Å². The average Bonchev–Trinajstić information content (AvgIpc) is 2.70. The molecule has 0 aliphatic rings. The van der Waals surface area contributed by atoms with Crippen LogP contribution in [0.25, 0.3) is 0 Å². The van der Waals surface area contributed by atoms with Crippen LogP contribution in [-0.2, 0) is 18.6 Å². The van der Waals surface area contributed by atoms with Gasteiger partial charge in [-0.2, -0.15) is 0 Å². The van der Waals surface area contributed by atoms with E-state index in [2.05, 4.69) is 51.3 Å². The standard InChI is InChI=1S/C12H14BrN3S/c1-9-5-10(3-4-11(9)13)6-17-7-12-15-14-8-16(12)2/h3-5,8H,6-7H2,1-2H3. The first-order valence-electron chi connectivity index (χ1n) is 5.32. The van der Waals surface area contributed by atoms with Gasteiger partial charge in [0.15, 0.2) is 0 Å². The molecule has 0 bridgehead atoms. The molecule has 0 spiro atoms. The molecule has 5 heteroatoms. The van der Waals surface area contributed by atoms with Crippen LogP contribution >= 0.6 is 27.7 Å². The van der Waals surface area contributed by atoms with Gasteiger partial charge >= 0.3 is 0 Å². The zero-order valence-corrected chi connectivity index (χ0v) is 12.3. The van der Waals surface area contributed by atoms with Crippen molar-refractivity contribution in [2.45, 2.75) is 18.4 Å². The largest absolute Gasteiger partial charge is 0.320 e. The summed E-state index contributed by atoms with van der Waals surface area (Å²) in [6.45, 7) is 2.11. The van der Waals surface area contributed by atoms with E-state index in [1.54, 1.807) is 6.33 Å². The Morgan fingerprint density at radius 2 is 2.18 bits per heavy atom. The van der Waals surface area contributed by atoms with E-state index >= 15 is 0 Å². The second kappa shape index (κ2) is 5.69. The van der Waals surface area contributed by atoms with Gasteiger partial charge in [-0.05, 0) is 24.1 Å². The third kappa shape index (κ3) is 3.33. The summed E-state index contributed by atoms with van der Waals surface area (Å²) in [5.74, 6) is 2.91. The molecule has 1 heterocycles. The highest BCUT2D eigenvalue weighted by atomic mass is 79.9. The number of rotatable bonds is 4. The van der Waals surface area contributed by atoms with Crippen molar-refractivity contribution >= 4 is 27.7 Å². The lowest BCUT2D eigenvalue weighted by atomic mass is 10.2. The van der Waals surface area contributed by atoms with Gasteiger partial charge in [-0.1, -0.05) is 28.1 Å². The van der Waals surface area contributed by atoms with Crippen molar-refractivity contribution in [1.29, 1.82) is 0 Å². The Hall–Kier alpha value is -0.810. The number of aryl methyl sites for hydroxylation is 2. The molecule has 90 valence electrons. The summed E-state index contributed by atoms with van der Waals surface area (Å²) >= 11 is 5.36. The number of nitrogens with zero attached hydrogens (tertiary/aromatic N) is 3. The Balaban J connectivity index is 1.90. The zero-order chi connectivity index (χ0) is 12.3. The van der Waals surface area contributed by atoms with Gasteiger partial charge in [0.25, 0.3) is 0 Å². The maximum absolute atomic E-state index is 4.06. The third-order valence-corrected chi connectivity index (χ3v) is 4.42. The lowest BCUT2D eigenvalue weighted by Crippen LogP contribution is -1.95. The fourth-order valence-electron chi connectivity index (χ4n) is 1.49. The maximum atomic E-state index is 4.06. The summed E-state index contributed by atoms with van der Waals surface area (Å²) < 4.78 is 3.12. The van der Waals surface area contributed by atoms with Crippen molar-refractivity contribution in [2.24, 2.45) is 7.05 Å². The summed E-state index contributed by atoms with van der Waals surface area (Å²) in [5.41, 5.74) is 2.62. The maximum Gasteiger partial charge on any atom is 0.142 e. The normalized spacial score (nSPS) is 10.8. The van der Waals surface area contributed by atoms with Crippen molar-refractivity contribution in [3.05, 3.63) is 46.0 Å². The highest BCUT2D eigenvalue weighted by molar-refractivity contribution is 9.10. The van der Waals surface area contributed by atoms with E-state index in [0.29, 0.717) is 0 Å². The molecule has 0 radical (unpaired) electrons. The molecule has 0 saturated carbocycles. The van der Waals surface area contributed by atoms with Crippen LogP contribution in [0.4, 0.5) is 0 Å². The molecule has 0 N–H and O–H groups in total. The van der Waals surface area contributed by atoms with Crippen LogP contribution in [-0.4, -0.2) is 14.8 Å². The molecular weight excluding hydrogens is 298 g/mol. The van der Waals surface area contributed by atoms with Gasteiger partial charge in [-0.3, -0.25) is 0 Å². The molecule has 0 aliphatic heterocycles. The second-order valence-electron chi connectivity index (χ2n) is 3.93. The topological polar surface area (TPSA) is 30.7 Å².